The molecule has 0 bridgehead atoms. The number of anilines is 1. The van der Waals surface area contributed by atoms with Crippen molar-refractivity contribution in [2.24, 2.45) is 0 Å². The zero-order valence-electron chi connectivity index (χ0n) is 16.4. The lowest BCUT2D eigenvalue weighted by Crippen LogP contribution is -2.53. The van der Waals surface area contributed by atoms with Gasteiger partial charge in [0, 0.05) is 23.3 Å². The number of nitrogen functional groups attached to an aromatic ring is 1. The number of benzene rings is 1. The van der Waals surface area contributed by atoms with Gasteiger partial charge in [0.25, 0.3) is 0 Å². The van der Waals surface area contributed by atoms with Crippen molar-refractivity contribution in [1.82, 2.24) is 19.4 Å². The van der Waals surface area contributed by atoms with Crippen LogP contribution in [0, 0.1) is 0 Å². The Kier molecular flexibility index (Phi) is 4.25. The molecule has 28 heavy (non-hydrogen) atoms. The second-order valence-corrected chi connectivity index (χ2v) is 8.27. The smallest absolute Gasteiger partial charge is 0.408 e. The predicted octanol–water partition coefficient (Wildman–Crippen LogP) is 3.77. The first kappa shape index (κ1) is 18.3. The number of hydrogen-bond donors (Lipinski definition) is 2. The summed E-state index contributed by atoms with van der Waals surface area (Å²) in [6.45, 7) is 6.35. The normalized spacial score (nSPS) is 16.8. The van der Waals surface area contributed by atoms with E-state index in [0.29, 0.717) is 12.4 Å². The number of carbonyl (C=O) groups is 1. The molecule has 0 spiro atoms. The topological polar surface area (TPSA) is 97.3 Å². The van der Waals surface area contributed by atoms with Crippen LogP contribution in [-0.4, -0.2) is 42.2 Å². The number of fused-ring (bicyclic) bond motifs is 3. The molecular formula is C21H25N5O2. The Hall–Kier alpha value is -3.09. The molecule has 1 aromatic carbocycles. The molecule has 4 rings (SSSR count). The summed E-state index contributed by atoms with van der Waals surface area (Å²) >= 11 is 0. The fourth-order valence-corrected chi connectivity index (χ4v) is 4.42. The zero-order valence-corrected chi connectivity index (χ0v) is 16.4. The van der Waals surface area contributed by atoms with Crippen molar-refractivity contribution in [3.63, 3.8) is 0 Å². The van der Waals surface area contributed by atoms with Gasteiger partial charge in [0.1, 0.15) is 17.8 Å². The van der Waals surface area contributed by atoms with Crippen molar-refractivity contribution in [3.8, 4) is 11.1 Å². The van der Waals surface area contributed by atoms with Gasteiger partial charge in [0.2, 0.25) is 0 Å². The van der Waals surface area contributed by atoms with Gasteiger partial charge < -0.3 is 15.4 Å². The Balaban J connectivity index is 1.89. The molecular weight excluding hydrogens is 354 g/mol. The number of nitrogens with zero attached hydrogens (tertiary/aromatic N) is 4. The molecule has 146 valence electrons. The van der Waals surface area contributed by atoms with Crippen LogP contribution in [0.4, 0.5) is 10.6 Å². The molecule has 7 nitrogen and oxygen atoms in total. The highest BCUT2D eigenvalue weighted by atomic mass is 16.4. The summed E-state index contributed by atoms with van der Waals surface area (Å²) in [4.78, 5) is 22.3. The molecule has 0 saturated carbocycles. The Morgan fingerprint density at radius 1 is 1.25 bits per heavy atom. The van der Waals surface area contributed by atoms with Gasteiger partial charge in [0.05, 0.1) is 11.4 Å². The van der Waals surface area contributed by atoms with Crippen molar-refractivity contribution in [2.75, 3.05) is 5.73 Å². The molecule has 3 N–H and O–H groups in total. The lowest BCUT2D eigenvalue weighted by Gasteiger charge is -2.41. The summed E-state index contributed by atoms with van der Waals surface area (Å²) in [5, 5.41) is 10.7. The highest BCUT2D eigenvalue weighted by molar-refractivity contribution is 6.02. The molecule has 2 aromatic heterocycles. The molecule has 3 heterocycles. The molecule has 7 heteroatoms. The molecule has 1 unspecified atom stereocenters. The van der Waals surface area contributed by atoms with Gasteiger partial charge in [-0.05, 0) is 39.2 Å². The minimum atomic E-state index is -0.894. The number of amides is 1. The van der Waals surface area contributed by atoms with Crippen LogP contribution in [0.25, 0.3) is 22.2 Å². The third-order valence-corrected chi connectivity index (χ3v) is 5.44. The fraction of sp³-hybridized carbons (Fsp3) is 0.381. The largest absolute Gasteiger partial charge is 0.465 e. The van der Waals surface area contributed by atoms with Gasteiger partial charge in [-0.3, -0.25) is 4.90 Å². The van der Waals surface area contributed by atoms with E-state index in [4.69, 9.17) is 5.73 Å². The number of aromatic nitrogens is 3. The van der Waals surface area contributed by atoms with Crippen LogP contribution in [-0.2, 0) is 13.0 Å². The van der Waals surface area contributed by atoms with Crippen LogP contribution in [0.3, 0.4) is 0 Å². The van der Waals surface area contributed by atoms with Crippen molar-refractivity contribution < 1.29 is 9.90 Å². The second kappa shape index (κ2) is 6.51. The van der Waals surface area contributed by atoms with E-state index in [-0.39, 0.29) is 6.04 Å². The summed E-state index contributed by atoms with van der Waals surface area (Å²) in [5.74, 6) is 0.452. The van der Waals surface area contributed by atoms with E-state index in [2.05, 4.69) is 26.7 Å². The highest BCUT2D eigenvalue weighted by Gasteiger charge is 2.37. The molecule has 1 aliphatic rings. The monoisotopic (exact) mass is 379 g/mol. The third-order valence-electron chi connectivity index (χ3n) is 5.44. The Morgan fingerprint density at radius 3 is 2.61 bits per heavy atom. The molecule has 0 saturated heterocycles. The van der Waals surface area contributed by atoms with E-state index in [9.17, 15) is 9.90 Å². The number of hydrogen-bond acceptors (Lipinski definition) is 4. The maximum atomic E-state index is 12.0. The number of nitrogens with two attached hydrogens (primary N) is 1. The summed E-state index contributed by atoms with van der Waals surface area (Å²) < 4.78 is 2.13. The van der Waals surface area contributed by atoms with Gasteiger partial charge >= 0.3 is 6.09 Å². The van der Waals surface area contributed by atoms with Crippen LogP contribution >= 0.6 is 0 Å². The van der Waals surface area contributed by atoms with Gasteiger partial charge in [-0.2, -0.15) is 0 Å². The molecule has 1 amide bonds. The van der Waals surface area contributed by atoms with E-state index in [1.54, 1.807) is 4.90 Å². The molecule has 1 atom stereocenters. The van der Waals surface area contributed by atoms with Crippen LogP contribution in [0.2, 0.25) is 0 Å². The summed E-state index contributed by atoms with van der Waals surface area (Å²) in [6.07, 6.45) is 2.09. The van der Waals surface area contributed by atoms with Crippen LogP contribution in [0.1, 0.15) is 32.9 Å². The first-order valence-corrected chi connectivity index (χ1v) is 9.48. The molecule has 0 fully saturated rings. The molecule has 3 aromatic rings. The van der Waals surface area contributed by atoms with Gasteiger partial charge in [-0.1, -0.05) is 30.3 Å². The van der Waals surface area contributed by atoms with Gasteiger partial charge in [-0.25, -0.2) is 14.8 Å². The standard InChI is InChI=1S/C21H25N5O2/c1-21(2,3)26(20(27)28)14-9-10-15-16(13-7-5-4-6-8-13)17-18(22)23-12-24-19(17)25(15)11-14/h4-8,12,14H,9-11H2,1-3H3,(H,27,28)(H2,22,23,24). The Bertz CT molecular complexity index is 1040. The fourth-order valence-electron chi connectivity index (χ4n) is 4.42. The van der Waals surface area contributed by atoms with E-state index in [1.807, 2.05) is 39.0 Å². The Morgan fingerprint density at radius 2 is 1.96 bits per heavy atom. The van der Waals surface area contributed by atoms with E-state index in [0.717, 1.165) is 40.7 Å². The van der Waals surface area contributed by atoms with Crippen molar-refractivity contribution in [3.05, 3.63) is 42.4 Å². The quantitative estimate of drug-likeness (QED) is 0.706. The van der Waals surface area contributed by atoms with Crippen LogP contribution in [0.15, 0.2) is 36.7 Å². The summed E-state index contributed by atoms with van der Waals surface area (Å²) in [5.41, 5.74) is 9.82. The van der Waals surface area contributed by atoms with E-state index >= 15 is 0 Å². The third kappa shape index (κ3) is 2.87. The predicted molar refractivity (Wildman–Crippen MR) is 109 cm³/mol. The number of carboxylic acid groups (broad SMARTS) is 1. The van der Waals surface area contributed by atoms with E-state index in [1.165, 1.54) is 6.33 Å². The highest BCUT2D eigenvalue weighted by Crippen LogP contribution is 2.40. The van der Waals surface area contributed by atoms with Crippen LogP contribution in [0.5, 0.6) is 0 Å². The Labute approximate surface area is 163 Å². The van der Waals surface area contributed by atoms with Crippen molar-refractivity contribution in [1.29, 1.82) is 0 Å². The minimum absolute atomic E-state index is 0.125. The average molecular weight is 379 g/mol. The van der Waals surface area contributed by atoms with Crippen LogP contribution < -0.4 is 5.73 Å². The second-order valence-electron chi connectivity index (χ2n) is 8.27. The lowest BCUT2D eigenvalue weighted by molar-refractivity contribution is 0.0575. The van der Waals surface area contributed by atoms with Gasteiger partial charge in [0.15, 0.2) is 0 Å². The molecule has 1 aliphatic heterocycles. The van der Waals surface area contributed by atoms with E-state index < -0.39 is 11.6 Å². The maximum Gasteiger partial charge on any atom is 0.408 e. The summed E-state index contributed by atoms with van der Waals surface area (Å²) in [6, 6.07) is 9.99. The zero-order chi connectivity index (χ0) is 20.1. The summed E-state index contributed by atoms with van der Waals surface area (Å²) in [7, 11) is 0. The molecule has 0 radical (unpaired) electrons. The molecule has 0 aliphatic carbocycles. The minimum Gasteiger partial charge on any atom is -0.465 e. The number of rotatable bonds is 2. The first-order chi connectivity index (χ1) is 13.3. The SMILES string of the molecule is CC(C)(C)N(C(=O)O)C1CCc2c(-c3ccccc3)c3c(N)ncnc3n2C1. The average Bonchev–Trinajstić information content (AvgIpc) is 2.96. The van der Waals surface area contributed by atoms with Gasteiger partial charge in [-0.15, -0.1) is 0 Å². The first-order valence-electron chi connectivity index (χ1n) is 9.48. The van der Waals surface area contributed by atoms with Crippen molar-refractivity contribution in [2.45, 2.75) is 51.7 Å². The van der Waals surface area contributed by atoms with Crippen molar-refractivity contribution >= 4 is 22.9 Å². The lowest BCUT2D eigenvalue weighted by atomic mass is 9.94. The maximum absolute atomic E-state index is 12.0.